The van der Waals surface area contributed by atoms with Crippen molar-refractivity contribution in [1.29, 1.82) is 0 Å². The van der Waals surface area contributed by atoms with Gasteiger partial charge in [0.05, 0.1) is 11.3 Å². The average molecular weight is 249 g/mol. The number of carboxylic acids is 1. The van der Waals surface area contributed by atoms with Crippen molar-refractivity contribution in [2.45, 2.75) is 6.42 Å². The van der Waals surface area contributed by atoms with Crippen molar-refractivity contribution < 1.29 is 9.90 Å². The molecule has 1 aromatic carbocycles. The van der Waals surface area contributed by atoms with Crippen molar-refractivity contribution in [3.05, 3.63) is 23.8 Å². The molecule has 5 nitrogen and oxygen atoms in total. The van der Waals surface area contributed by atoms with Crippen molar-refractivity contribution in [1.82, 2.24) is 4.90 Å². The highest BCUT2D eigenvalue weighted by Gasteiger charge is 2.18. The molecule has 1 heterocycles. The Morgan fingerprint density at radius 2 is 2.06 bits per heavy atom. The molecule has 0 atom stereocenters. The number of nitrogen functional groups attached to an aromatic ring is 1. The van der Waals surface area contributed by atoms with E-state index in [0.717, 1.165) is 38.3 Å². The van der Waals surface area contributed by atoms with Crippen LogP contribution in [0.5, 0.6) is 0 Å². The Kier molecular flexibility index (Phi) is 3.72. The van der Waals surface area contributed by atoms with Gasteiger partial charge in [-0.25, -0.2) is 4.79 Å². The zero-order valence-corrected chi connectivity index (χ0v) is 10.6. The summed E-state index contributed by atoms with van der Waals surface area (Å²) in [4.78, 5) is 15.7. The maximum Gasteiger partial charge on any atom is 0.337 e. The van der Waals surface area contributed by atoms with Gasteiger partial charge in [-0.1, -0.05) is 0 Å². The van der Waals surface area contributed by atoms with Gasteiger partial charge in [-0.05, 0) is 38.2 Å². The smallest absolute Gasteiger partial charge is 0.337 e. The van der Waals surface area contributed by atoms with Gasteiger partial charge < -0.3 is 20.6 Å². The molecule has 2 rings (SSSR count). The van der Waals surface area contributed by atoms with Crippen LogP contribution in [0.1, 0.15) is 16.8 Å². The first-order valence-electron chi connectivity index (χ1n) is 6.14. The van der Waals surface area contributed by atoms with E-state index in [4.69, 9.17) is 5.73 Å². The second-order valence-corrected chi connectivity index (χ2v) is 4.73. The molecule has 18 heavy (non-hydrogen) atoms. The normalized spacial score (nSPS) is 17.5. The number of benzene rings is 1. The van der Waals surface area contributed by atoms with Gasteiger partial charge in [-0.2, -0.15) is 0 Å². The predicted molar refractivity (Wildman–Crippen MR) is 72.1 cm³/mol. The summed E-state index contributed by atoms with van der Waals surface area (Å²) in [5.41, 5.74) is 7.21. The van der Waals surface area contributed by atoms with Crippen molar-refractivity contribution >= 4 is 17.3 Å². The van der Waals surface area contributed by atoms with Crippen LogP contribution in [-0.4, -0.2) is 49.2 Å². The molecule has 0 aromatic heterocycles. The molecule has 1 fully saturated rings. The fourth-order valence-corrected chi connectivity index (χ4v) is 2.29. The monoisotopic (exact) mass is 249 g/mol. The first-order valence-corrected chi connectivity index (χ1v) is 6.14. The van der Waals surface area contributed by atoms with Gasteiger partial charge in [-0.15, -0.1) is 0 Å². The number of anilines is 2. The molecular formula is C13H19N3O2. The number of aromatic carboxylic acids is 1. The Hall–Kier alpha value is -1.75. The molecule has 5 heteroatoms. The van der Waals surface area contributed by atoms with Gasteiger partial charge in [0.2, 0.25) is 0 Å². The van der Waals surface area contributed by atoms with E-state index in [1.165, 1.54) is 6.07 Å². The summed E-state index contributed by atoms with van der Waals surface area (Å²) < 4.78 is 0. The number of nitrogens with two attached hydrogens (primary N) is 1. The first kappa shape index (κ1) is 12.7. The lowest BCUT2D eigenvalue weighted by Crippen LogP contribution is -2.30. The molecule has 0 radical (unpaired) electrons. The SMILES string of the molecule is CN1CCCN(c2ccc(N)cc2C(=O)O)CC1. The van der Waals surface area contributed by atoms with Crippen molar-refractivity contribution in [3.63, 3.8) is 0 Å². The third-order valence-electron chi connectivity index (χ3n) is 3.31. The van der Waals surface area contributed by atoms with Crippen LogP contribution in [0.25, 0.3) is 0 Å². The van der Waals surface area contributed by atoms with Crippen LogP contribution in [0, 0.1) is 0 Å². The quantitative estimate of drug-likeness (QED) is 0.768. The second kappa shape index (κ2) is 5.27. The highest BCUT2D eigenvalue weighted by Crippen LogP contribution is 2.24. The number of rotatable bonds is 2. The van der Waals surface area contributed by atoms with E-state index in [1.54, 1.807) is 6.07 Å². The van der Waals surface area contributed by atoms with Crippen molar-refractivity contribution in [3.8, 4) is 0 Å². The van der Waals surface area contributed by atoms with Gasteiger partial charge in [-0.3, -0.25) is 0 Å². The van der Waals surface area contributed by atoms with E-state index in [0.29, 0.717) is 11.3 Å². The van der Waals surface area contributed by atoms with Crippen LogP contribution in [-0.2, 0) is 0 Å². The third-order valence-corrected chi connectivity index (χ3v) is 3.31. The molecule has 0 aliphatic carbocycles. The summed E-state index contributed by atoms with van der Waals surface area (Å²) in [6.07, 6.45) is 1.04. The highest BCUT2D eigenvalue weighted by molar-refractivity contribution is 5.95. The van der Waals surface area contributed by atoms with Crippen LogP contribution in [0.3, 0.4) is 0 Å². The predicted octanol–water partition coefficient (Wildman–Crippen LogP) is 1.11. The second-order valence-electron chi connectivity index (χ2n) is 4.73. The lowest BCUT2D eigenvalue weighted by molar-refractivity contribution is 0.0697. The van der Waals surface area contributed by atoms with Crippen LogP contribution >= 0.6 is 0 Å². The molecule has 0 spiro atoms. The molecule has 1 saturated heterocycles. The molecule has 0 amide bonds. The van der Waals surface area contributed by atoms with E-state index >= 15 is 0 Å². The molecule has 1 aliphatic rings. The minimum absolute atomic E-state index is 0.291. The molecule has 1 aliphatic heterocycles. The maximum atomic E-state index is 11.3. The Morgan fingerprint density at radius 1 is 1.28 bits per heavy atom. The van der Waals surface area contributed by atoms with E-state index < -0.39 is 5.97 Å². The Bertz CT molecular complexity index is 448. The summed E-state index contributed by atoms with van der Waals surface area (Å²) >= 11 is 0. The van der Waals surface area contributed by atoms with Gasteiger partial charge in [0, 0.05) is 25.3 Å². The van der Waals surface area contributed by atoms with Gasteiger partial charge in [0.25, 0.3) is 0 Å². The number of carbonyl (C=O) groups is 1. The fourth-order valence-electron chi connectivity index (χ4n) is 2.29. The molecule has 1 aromatic rings. The van der Waals surface area contributed by atoms with E-state index in [-0.39, 0.29) is 0 Å². The summed E-state index contributed by atoms with van der Waals surface area (Å²) in [6, 6.07) is 5.10. The number of hydrogen-bond donors (Lipinski definition) is 2. The average Bonchev–Trinajstić information content (AvgIpc) is 2.54. The van der Waals surface area contributed by atoms with Gasteiger partial charge in [0.1, 0.15) is 0 Å². The minimum atomic E-state index is -0.921. The molecular weight excluding hydrogens is 230 g/mol. The number of nitrogens with zero attached hydrogens (tertiary/aromatic N) is 2. The summed E-state index contributed by atoms with van der Waals surface area (Å²) in [7, 11) is 2.09. The van der Waals surface area contributed by atoms with E-state index in [2.05, 4.69) is 16.8 Å². The topological polar surface area (TPSA) is 69.8 Å². The fraction of sp³-hybridized carbons (Fsp3) is 0.462. The number of hydrogen-bond acceptors (Lipinski definition) is 4. The summed E-state index contributed by atoms with van der Waals surface area (Å²) in [5.74, 6) is -0.921. The molecule has 0 saturated carbocycles. The largest absolute Gasteiger partial charge is 0.478 e. The lowest BCUT2D eigenvalue weighted by Gasteiger charge is -2.24. The van der Waals surface area contributed by atoms with Crippen LogP contribution < -0.4 is 10.6 Å². The Labute approximate surface area is 107 Å². The summed E-state index contributed by atoms with van der Waals surface area (Å²) in [5, 5.41) is 9.25. The molecule has 0 bridgehead atoms. The number of carboxylic acid groups (broad SMARTS) is 1. The van der Waals surface area contributed by atoms with Crippen molar-refractivity contribution in [2.75, 3.05) is 43.9 Å². The zero-order valence-electron chi connectivity index (χ0n) is 10.6. The van der Waals surface area contributed by atoms with Crippen molar-refractivity contribution in [2.24, 2.45) is 0 Å². The zero-order chi connectivity index (χ0) is 13.1. The Morgan fingerprint density at radius 3 is 2.78 bits per heavy atom. The molecule has 3 N–H and O–H groups in total. The lowest BCUT2D eigenvalue weighted by atomic mass is 10.1. The van der Waals surface area contributed by atoms with Crippen LogP contribution in [0.2, 0.25) is 0 Å². The minimum Gasteiger partial charge on any atom is -0.478 e. The third kappa shape index (κ3) is 2.73. The molecule has 0 unspecified atom stereocenters. The Balaban J connectivity index is 2.29. The van der Waals surface area contributed by atoms with Gasteiger partial charge in [0.15, 0.2) is 0 Å². The first-order chi connectivity index (χ1) is 8.58. The van der Waals surface area contributed by atoms with Crippen LogP contribution in [0.4, 0.5) is 11.4 Å². The van der Waals surface area contributed by atoms with E-state index in [1.807, 2.05) is 6.07 Å². The van der Waals surface area contributed by atoms with Gasteiger partial charge >= 0.3 is 5.97 Å². The number of likely N-dealkylation sites (N-methyl/N-ethyl adjacent to an activating group) is 1. The maximum absolute atomic E-state index is 11.3. The van der Waals surface area contributed by atoms with Crippen LogP contribution in [0.15, 0.2) is 18.2 Å². The van der Waals surface area contributed by atoms with E-state index in [9.17, 15) is 9.90 Å². The standard InChI is InChI=1S/C13H19N3O2/c1-15-5-2-6-16(8-7-15)12-4-3-10(14)9-11(12)13(17)18/h3-4,9H,2,5-8,14H2,1H3,(H,17,18). The summed E-state index contributed by atoms with van der Waals surface area (Å²) in [6.45, 7) is 3.73. The molecule has 98 valence electrons. The highest BCUT2D eigenvalue weighted by atomic mass is 16.4.